The molecular formula is C23H24F3NO6S. The summed E-state index contributed by atoms with van der Waals surface area (Å²) in [7, 11) is -3.81. The number of hydrogen-bond acceptors (Lipinski definition) is 6. The molecule has 7 nitrogen and oxygen atoms in total. The SMILES string of the molecule is O=C(OCc1ccccc1C(F)(F)F)C1CCN(S(=O)(=O)c2ccc3c(c2)OCCCO3)CC1. The molecule has 2 heterocycles. The molecule has 1 fully saturated rings. The number of halogens is 3. The van der Waals surface area contributed by atoms with Gasteiger partial charge < -0.3 is 14.2 Å². The lowest BCUT2D eigenvalue weighted by molar-refractivity contribution is -0.153. The van der Waals surface area contributed by atoms with Gasteiger partial charge in [0, 0.05) is 31.1 Å². The van der Waals surface area contributed by atoms with E-state index in [1.54, 1.807) is 6.07 Å². The Kier molecular flexibility index (Phi) is 7.04. The quantitative estimate of drug-likeness (QED) is 0.579. The summed E-state index contributed by atoms with van der Waals surface area (Å²) < 4.78 is 83.1. The fourth-order valence-corrected chi connectivity index (χ4v) is 5.46. The fourth-order valence-electron chi connectivity index (χ4n) is 3.97. The van der Waals surface area contributed by atoms with Crippen LogP contribution in [0, 0.1) is 5.92 Å². The first-order chi connectivity index (χ1) is 16.2. The zero-order valence-electron chi connectivity index (χ0n) is 18.2. The number of benzene rings is 2. The Morgan fingerprint density at radius 3 is 2.41 bits per heavy atom. The molecule has 0 radical (unpaired) electrons. The van der Waals surface area contributed by atoms with Crippen LogP contribution in [0.15, 0.2) is 47.4 Å². The lowest BCUT2D eigenvalue weighted by atomic mass is 9.98. The minimum absolute atomic E-state index is 0.0709. The van der Waals surface area contributed by atoms with E-state index in [2.05, 4.69) is 0 Å². The second-order valence-electron chi connectivity index (χ2n) is 8.10. The van der Waals surface area contributed by atoms with Crippen molar-refractivity contribution in [2.75, 3.05) is 26.3 Å². The van der Waals surface area contributed by atoms with Crippen LogP contribution in [0.3, 0.4) is 0 Å². The van der Waals surface area contributed by atoms with Crippen molar-refractivity contribution in [3.8, 4) is 11.5 Å². The Labute approximate surface area is 195 Å². The Morgan fingerprint density at radius 1 is 1.03 bits per heavy atom. The maximum Gasteiger partial charge on any atom is 0.416 e. The van der Waals surface area contributed by atoms with Gasteiger partial charge in [0.25, 0.3) is 0 Å². The summed E-state index contributed by atoms with van der Waals surface area (Å²) in [6.07, 6.45) is -3.43. The second kappa shape index (κ2) is 9.83. The minimum atomic E-state index is -4.55. The second-order valence-corrected chi connectivity index (χ2v) is 10.0. The molecule has 34 heavy (non-hydrogen) atoms. The highest BCUT2D eigenvalue weighted by molar-refractivity contribution is 7.89. The maximum atomic E-state index is 13.1. The number of nitrogens with zero attached hydrogens (tertiary/aromatic N) is 1. The molecule has 0 spiro atoms. The van der Waals surface area contributed by atoms with E-state index < -0.39 is 40.3 Å². The van der Waals surface area contributed by atoms with E-state index in [-0.39, 0.29) is 36.4 Å². The third kappa shape index (κ3) is 5.30. The van der Waals surface area contributed by atoms with Crippen molar-refractivity contribution in [2.24, 2.45) is 5.92 Å². The standard InChI is InChI=1S/C23H24F3NO6S/c24-23(25,26)19-5-2-1-4-17(19)15-33-22(28)16-8-10-27(11-9-16)34(29,30)18-6-7-20-21(14-18)32-13-3-12-31-20/h1-2,4-7,14,16H,3,8-13,15H2. The van der Waals surface area contributed by atoms with Crippen LogP contribution >= 0.6 is 0 Å². The molecule has 0 N–H and O–H groups in total. The molecule has 1 saturated heterocycles. The molecule has 0 atom stereocenters. The number of carbonyl (C=O) groups is 1. The highest BCUT2D eigenvalue weighted by Gasteiger charge is 2.35. The molecule has 0 bridgehead atoms. The van der Waals surface area contributed by atoms with Crippen molar-refractivity contribution in [2.45, 2.75) is 36.9 Å². The number of sulfonamides is 1. The number of rotatable bonds is 5. The van der Waals surface area contributed by atoms with Crippen LogP contribution in [-0.2, 0) is 32.3 Å². The van der Waals surface area contributed by atoms with Crippen molar-refractivity contribution in [1.82, 2.24) is 4.31 Å². The molecule has 0 saturated carbocycles. The topological polar surface area (TPSA) is 82.1 Å². The number of hydrogen-bond donors (Lipinski definition) is 0. The highest BCUT2D eigenvalue weighted by Crippen LogP contribution is 2.35. The Bertz CT molecular complexity index is 1140. The van der Waals surface area contributed by atoms with Gasteiger partial charge in [0.05, 0.1) is 29.6 Å². The molecule has 0 amide bonds. The van der Waals surface area contributed by atoms with Gasteiger partial charge in [-0.15, -0.1) is 0 Å². The number of fused-ring (bicyclic) bond motifs is 1. The van der Waals surface area contributed by atoms with Gasteiger partial charge in [-0.05, 0) is 31.0 Å². The van der Waals surface area contributed by atoms with Crippen LogP contribution in [0.1, 0.15) is 30.4 Å². The van der Waals surface area contributed by atoms with Crippen LogP contribution in [0.4, 0.5) is 13.2 Å². The predicted octanol–water partition coefficient (Wildman–Crippen LogP) is 4.01. The first kappa shape index (κ1) is 24.3. The van der Waals surface area contributed by atoms with E-state index in [1.807, 2.05) is 0 Å². The summed E-state index contributed by atoms with van der Waals surface area (Å²) in [4.78, 5) is 12.5. The van der Waals surface area contributed by atoms with Crippen molar-refractivity contribution in [3.05, 3.63) is 53.6 Å². The Balaban J connectivity index is 1.36. The van der Waals surface area contributed by atoms with E-state index in [1.165, 1.54) is 34.6 Å². The maximum absolute atomic E-state index is 13.1. The third-order valence-corrected chi connectivity index (χ3v) is 7.73. The predicted molar refractivity (Wildman–Crippen MR) is 115 cm³/mol. The Hall–Kier alpha value is -2.79. The molecule has 4 rings (SSSR count). The molecule has 2 aromatic rings. The van der Waals surface area contributed by atoms with Gasteiger partial charge in [-0.2, -0.15) is 17.5 Å². The van der Waals surface area contributed by atoms with Crippen molar-refractivity contribution >= 4 is 16.0 Å². The van der Waals surface area contributed by atoms with Gasteiger partial charge in [0.2, 0.25) is 10.0 Å². The summed E-state index contributed by atoms with van der Waals surface area (Å²) >= 11 is 0. The monoisotopic (exact) mass is 499 g/mol. The van der Waals surface area contributed by atoms with Crippen molar-refractivity contribution < 1.29 is 40.6 Å². The molecule has 2 aromatic carbocycles. The van der Waals surface area contributed by atoms with Crippen LogP contribution in [0.2, 0.25) is 0 Å². The number of ether oxygens (including phenoxy) is 3. The van der Waals surface area contributed by atoms with Crippen molar-refractivity contribution in [1.29, 1.82) is 0 Å². The summed E-state index contributed by atoms with van der Waals surface area (Å²) in [5.74, 6) is -0.362. The molecule has 184 valence electrons. The molecular weight excluding hydrogens is 475 g/mol. The normalized spacial score (nSPS) is 17.7. The van der Waals surface area contributed by atoms with Crippen LogP contribution in [0.25, 0.3) is 0 Å². The van der Waals surface area contributed by atoms with E-state index in [0.717, 1.165) is 6.07 Å². The first-order valence-electron chi connectivity index (χ1n) is 10.9. The zero-order valence-corrected chi connectivity index (χ0v) is 19.0. The lowest BCUT2D eigenvalue weighted by Gasteiger charge is -2.30. The number of alkyl halides is 3. The van der Waals surface area contributed by atoms with E-state index in [0.29, 0.717) is 31.1 Å². The van der Waals surface area contributed by atoms with Crippen LogP contribution < -0.4 is 9.47 Å². The summed E-state index contributed by atoms with van der Waals surface area (Å²) in [6, 6.07) is 9.38. The van der Waals surface area contributed by atoms with Gasteiger partial charge in [-0.3, -0.25) is 4.79 Å². The zero-order chi connectivity index (χ0) is 24.3. The Morgan fingerprint density at radius 2 is 1.71 bits per heavy atom. The molecule has 0 aromatic heterocycles. The molecule has 11 heteroatoms. The molecule has 2 aliphatic heterocycles. The summed E-state index contributed by atoms with van der Waals surface area (Å²) in [6.45, 7) is 0.609. The van der Waals surface area contributed by atoms with E-state index >= 15 is 0 Å². The molecule has 0 unspecified atom stereocenters. The van der Waals surface area contributed by atoms with Gasteiger partial charge >= 0.3 is 12.1 Å². The van der Waals surface area contributed by atoms with Gasteiger partial charge in [-0.25, -0.2) is 8.42 Å². The van der Waals surface area contributed by atoms with Gasteiger partial charge in [0.1, 0.15) is 6.61 Å². The lowest BCUT2D eigenvalue weighted by Crippen LogP contribution is -2.40. The smallest absolute Gasteiger partial charge is 0.416 e. The summed E-state index contributed by atoms with van der Waals surface area (Å²) in [5, 5.41) is 0. The van der Waals surface area contributed by atoms with Crippen LogP contribution in [0.5, 0.6) is 11.5 Å². The van der Waals surface area contributed by atoms with Gasteiger partial charge in [-0.1, -0.05) is 18.2 Å². The van der Waals surface area contributed by atoms with Crippen LogP contribution in [-0.4, -0.2) is 45.0 Å². The average molecular weight is 500 g/mol. The van der Waals surface area contributed by atoms with E-state index in [9.17, 15) is 26.4 Å². The third-order valence-electron chi connectivity index (χ3n) is 5.84. The minimum Gasteiger partial charge on any atom is -0.490 e. The fraction of sp³-hybridized carbons (Fsp3) is 0.435. The first-order valence-corrected chi connectivity index (χ1v) is 12.3. The highest BCUT2D eigenvalue weighted by atomic mass is 32.2. The number of esters is 1. The molecule has 2 aliphatic rings. The average Bonchev–Trinajstić information content (AvgIpc) is 3.07. The van der Waals surface area contributed by atoms with Gasteiger partial charge in [0.15, 0.2) is 11.5 Å². The molecule has 0 aliphatic carbocycles. The number of carbonyl (C=O) groups excluding carboxylic acids is 1. The largest absolute Gasteiger partial charge is 0.490 e. The number of piperidine rings is 1. The van der Waals surface area contributed by atoms with Crippen molar-refractivity contribution in [3.63, 3.8) is 0 Å². The summed E-state index contributed by atoms with van der Waals surface area (Å²) in [5.41, 5.74) is -0.975. The van der Waals surface area contributed by atoms with E-state index in [4.69, 9.17) is 14.2 Å².